The van der Waals surface area contributed by atoms with Crippen LogP contribution in [0.25, 0.3) is 0 Å². The fraction of sp³-hybridized carbons (Fsp3) is 0.818. The summed E-state index contributed by atoms with van der Waals surface area (Å²) in [6.45, 7) is 6.79. The Labute approximate surface area is 96.0 Å². The summed E-state index contributed by atoms with van der Waals surface area (Å²) in [5.41, 5.74) is 5.44. The van der Waals surface area contributed by atoms with Crippen molar-refractivity contribution in [1.82, 2.24) is 15.0 Å². The Morgan fingerprint density at radius 3 is 3.00 bits per heavy atom. The molecule has 0 saturated carbocycles. The van der Waals surface area contributed by atoms with E-state index in [9.17, 15) is 0 Å². The second kappa shape index (κ2) is 4.93. The van der Waals surface area contributed by atoms with Gasteiger partial charge < -0.3 is 10.3 Å². The minimum atomic E-state index is 0.318. The molecule has 5 nitrogen and oxygen atoms in total. The van der Waals surface area contributed by atoms with Gasteiger partial charge in [-0.3, -0.25) is 4.90 Å². The van der Waals surface area contributed by atoms with E-state index in [1.54, 1.807) is 0 Å². The summed E-state index contributed by atoms with van der Waals surface area (Å²) in [7, 11) is 0. The van der Waals surface area contributed by atoms with Gasteiger partial charge in [0.05, 0.1) is 13.1 Å². The number of hydrogen-bond acceptors (Lipinski definition) is 5. The molecule has 0 bridgehead atoms. The molecule has 1 saturated heterocycles. The number of aromatic nitrogens is 2. The summed E-state index contributed by atoms with van der Waals surface area (Å²) in [5.74, 6) is 2.02. The lowest BCUT2D eigenvalue weighted by atomic mass is 9.92. The van der Waals surface area contributed by atoms with Crippen LogP contribution in [0.4, 0.5) is 0 Å². The van der Waals surface area contributed by atoms with Crippen molar-refractivity contribution in [3.63, 3.8) is 0 Å². The lowest BCUT2D eigenvalue weighted by Crippen LogP contribution is -2.41. The van der Waals surface area contributed by atoms with Crippen molar-refractivity contribution in [2.24, 2.45) is 11.7 Å². The van der Waals surface area contributed by atoms with E-state index in [4.69, 9.17) is 10.3 Å². The Balaban J connectivity index is 1.97. The maximum atomic E-state index is 5.44. The van der Waals surface area contributed by atoms with E-state index in [2.05, 4.69) is 28.9 Å². The van der Waals surface area contributed by atoms with E-state index < -0.39 is 0 Å². The SMILES string of the molecule is CC1CCCN(Cc2noc(CN)n2)C1C. The molecule has 90 valence electrons. The Morgan fingerprint density at radius 1 is 1.50 bits per heavy atom. The van der Waals surface area contributed by atoms with Crippen molar-refractivity contribution in [3.05, 3.63) is 11.7 Å². The zero-order valence-corrected chi connectivity index (χ0v) is 10.0. The summed E-state index contributed by atoms with van der Waals surface area (Å²) >= 11 is 0. The first-order chi connectivity index (χ1) is 7.70. The lowest BCUT2D eigenvalue weighted by molar-refractivity contribution is 0.103. The van der Waals surface area contributed by atoms with Crippen LogP contribution in [0, 0.1) is 5.92 Å². The summed E-state index contributed by atoms with van der Waals surface area (Å²) in [6.07, 6.45) is 2.57. The first-order valence-electron chi connectivity index (χ1n) is 5.96. The van der Waals surface area contributed by atoms with Crippen LogP contribution in [-0.2, 0) is 13.1 Å². The van der Waals surface area contributed by atoms with Crippen LogP contribution < -0.4 is 5.73 Å². The van der Waals surface area contributed by atoms with Gasteiger partial charge in [-0.15, -0.1) is 0 Å². The smallest absolute Gasteiger partial charge is 0.240 e. The third-order valence-electron chi connectivity index (χ3n) is 3.53. The number of nitrogens with two attached hydrogens (primary N) is 1. The molecule has 2 unspecified atom stereocenters. The molecule has 2 rings (SSSR count). The minimum Gasteiger partial charge on any atom is -0.338 e. The second-order valence-corrected chi connectivity index (χ2v) is 4.64. The summed E-state index contributed by atoms with van der Waals surface area (Å²) in [4.78, 5) is 6.65. The van der Waals surface area contributed by atoms with Gasteiger partial charge in [0, 0.05) is 6.04 Å². The van der Waals surface area contributed by atoms with Crippen molar-refractivity contribution < 1.29 is 4.52 Å². The Kier molecular flexibility index (Phi) is 3.56. The molecule has 1 aliphatic heterocycles. The van der Waals surface area contributed by atoms with Gasteiger partial charge in [-0.25, -0.2) is 0 Å². The predicted molar refractivity (Wildman–Crippen MR) is 60.5 cm³/mol. The largest absolute Gasteiger partial charge is 0.338 e. The van der Waals surface area contributed by atoms with Crippen LogP contribution in [0.2, 0.25) is 0 Å². The van der Waals surface area contributed by atoms with E-state index in [0.717, 1.165) is 24.8 Å². The van der Waals surface area contributed by atoms with Gasteiger partial charge in [-0.2, -0.15) is 4.98 Å². The zero-order valence-electron chi connectivity index (χ0n) is 10.0. The number of piperidine rings is 1. The summed E-state index contributed by atoms with van der Waals surface area (Å²) in [6, 6.07) is 0.591. The minimum absolute atomic E-state index is 0.318. The standard InChI is InChI=1S/C11H20N4O/c1-8-4-3-5-15(9(8)2)7-10-13-11(6-12)16-14-10/h8-9H,3-7,12H2,1-2H3. The number of likely N-dealkylation sites (tertiary alicyclic amines) is 1. The molecule has 2 N–H and O–H groups in total. The Morgan fingerprint density at radius 2 is 2.31 bits per heavy atom. The molecular formula is C11H20N4O. The van der Waals surface area contributed by atoms with Crippen LogP contribution in [-0.4, -0.2) is 27.6 Å². The van der Waals surface area contributed by atoms with Gasteiger partial charge in [0.1, 0.15) is 0 Å². The normalized spacial score (nSPS) is 27.2. The topological polar surface area (TPSA) is 68.2 Å². The molecule has 2 atom stereocenters. The molecule has 1 aliphatic rings. The molecule has 16 heavy (non-hydrogen) atoms. The zero-order chi connectivity index (χ0) is 11.5. The maximum absolute atomic E-state index is 5.44. The monoisotopic (exact) mass is 224 g/mol. The van der Waals surface area contributed by atoms with Crippen LogP contribution in [0.5, 0.6) is 0 Å². The van der Waals surface area contributed by atoms with E-state index in [1.807, 2.05) is 0 Å². The van der Waals surface area contributed by atoms with Gasteiger partial charge in [0.15, 0.2) is 5.82 Å². The molecule has 0 radical (unpaired) electrons. The highest BCUT2D eigenvalue weighted by molar-refractivity contribution is 4.88. The van der Waals surface area contributed by atoms with Gasteiger partial charge in [-0.1, -0.05) is 12.1 Å². The van der Waals surface area contributed by atoms with Gasteiger partial charge in [0.2, 0.25) is 5.89 Å². The lowest BCUT2D eigenvalue weighted by Gasteiger charge is -2.37. The van der Waals surface area contributed by atoms with E-state index in [1.165, 1.54) is 12.8 Å². The van der Waals surface area contributed by atoms with E-state index in [0.29, 0.717) is 18.5 Å². The van der Waals surface area contributed by atoms with Crippen molar-refractivity contribution in [2.45, 2.75) is 45.8 Å². The van der Waals surface area contributed by atoms with Crippen molar-refractivity contribution >= 4 is 0 Å². The second-order valence-electron chi connectivity index (χ2n) is 4.64. The van der Waals surface area contributed by atoms with Gasteiger partial charge >= 0.3 is 0 Å². The third-order valence-corrected chi connectivity index (χ3v) is 3.53. The molecule has 0 spiro atoms. The maximum Gasteiger partial charge on any atom is 0.240 e. The molecule has 0 amide bonds. The molecule has 0 aliphatic carbocycles. The fourth-order valence-corrected chi connectivity index (χ4v) is 2.26. The number of hydrogen-bond donors (Lipinski definition) is 1. The van der Waals surface area contributed by atoms with Crippen LogP contribution in [0.15, 0.2) is 4.52 Å². The summed E-state index contributed by atoms with van der Waals surface area (Å²) < 4.78 is 5.00. The first kappa shape index (κ1) is 11.5. The molecule has 2 heterocycles. The number of nitrogens with zero attached hydrogens (tertiary/aromatic N) is 3. The third kappa shape index (κ3) is 2.41. The predicted octanol–water partition coefficient (Wildman–Crippen LogP) is 1.15. The molecule has 1 aromatic heterocycles. The van der Waals surface area contributed by atoms with Crippen molar-refractivity contribution in [3.8, 4) is 0 Å². The fourth-order valence-electron chi connectivity index (χ4n) is 2.26. The highest BCUT2D eigenvalue weighted by atomic mass is 16.5. The first-order valence-corrected chi connectivity index (χ1v) is 5.96. The number of rotatable bonds is 3. The van der Waals surface area contributed by atoms with E-state index in [-0.39, 0.29) is 0 Å². The van der Waals surface area contributed by atoms with Crippen molar-refractivity contribution in [2.75, 3.05) is 6.54 Å². The molecule has 0 aromatic carbocycles. The average molecular weight is 224 g/mol. The van der Waals surface area contributed by atoms with Crippen LogP contribution in [0.1, 0.15) is 38.4 Å². The van der Waals surface area contributed by atoms with Gasteiger partial charge in [0.25, 0.3) is 0 Å². The molecule has 1 aromatic rings. The quantitative estimate of drug-likeness (QED) is 0.834. The van der Waals surface area contributed by atoms with E-state index >= 15 is 0 Å². The van der Waals surface area contributed by atoms with Gasteiger partial charge in [-0.05, 0) is 32.2 Å². The molecule has 1 fully saturated rings. The highest BCUT2D eigenvalue weighted by Crippen LogP contribution is 2.23. The van der Waals surface area contributed by atoms with Crippen LogP contribution >= 0.6 is 0 Å². The Bertz CT molecular complexity index is 338. The van der Waals surface area contributed by atoms with Crippen molar-refractivity contribution in [1.29, 1.82) is 0 Å². The Hall–Kier alpha value is -0.940. The van der Waals surface area contributed by atoms with Crippen LogP contribution in [0.3, 0.4) is 0 Å². The summed E-state index contributed by atoms with van der Waals surface area (Å²) in [5, 5.41) is 3.93. The average Bonchev–Trinajstić information content (AvgIpc) is 2.73. The highest BCUT2D eigenvalue weighted by Gasteiger charge is 2.25. The molecule has 5 heteroatoms. The molecular weight excluding hydrogens is 204 g/mol.